The summed E-state index contributed by atoms with van der Waals surface area (Å²) in [6, 6.07) is 0. The van der Waals surface area contributed by atoms with E-state index in [1.807, 2.05) is 0 Å². The number of hydrogen-bond acceptors (Lipinski definition) is 2. The Bertz CT molecular complexity index is 84.1. The van der Waals surface area contributed by atoms with Crippen molar-refractivity contribution in [2.45, 2.75) is 0 Å². The van der Waals surface area contributed by atoms with Gasteiger partial charge in [-0.15, -0.1) is 0 Å². The first-order valence-corrected chi connectivity index (χ1v) is 2.59. The van der Waals surface area contributed by atoms with Crippen LogP contribution in [0.15, 0.2) is 12.7 Å². The van der Waals surface area contributed by atoms with E-state index in [4.69, 9.17) is 0 Å². The van der Waals surface area contributed by atoms with Crippen LogP contribution in [0.1, 0.15) is 0 Å². The standard InChI is InChI=1S/C4H6OS2.Zn/c1-2-3-5-4(6)7;/h2H,1,3H2,(H,6,7);. The van der Waals surface area contributed by atoms with Gasteiger partial charge in [0.25, 0.3) is 0 Å². The molecule has 0 spiro atoms. The van der Waals surface area contributed by atoms with Crippen LogP contribution < -0.4 is 0 Å². The summed E-state index contributed by atoms with van der Waals surface area (Å²) in [5.41, 5.74) is 0. The quantitative estimate of drug-likeness (QED) is 0.312. The third-order valence-corrected chi connectivity index (χ3v) is 0.572. The molecule has 4 heteroatoms. The van der Waals surface area contributed by atoms with E-state index >= 15 is 0 Å². The average molecular weight is 200 g/mol. The molecule has 0 rings (SSSR count). The Balaban J connectivity index is 0. The first-order chi connectivity index (χ1) is 3.27. The van der Waals surface area contributed by atoms with Crippen molar-refractivity contribution in [1.29, 1.82) is 0 Å². The van der Waals surface area contributed by atoms with E-state index < -0.39 is 0 Å². The van der Waals surface area contributed by atoms with E-state index in [1.165, 1.54) is 0 Å². The molecule has 0 radical (unpaired) electrons. The summed E-state index contributed by atoms with van der Waals surface area (Å²) in [6.45, 7) is 3.86. The summed E-state index contributed by atoms with van der Waals surface area (Å²) in [6.07, 6.45) is 1.61. The second kappa shape index (κ2) is 7.60. The van der Waals surface area contributed by atoms with E-state index in [9.17, 15) is 0 Å². The minimum Gasteiger partial charge on any atom is -0.475 e. The van der Waals surface area contributed by atoms with Gasteiger partial charge in [0.1, 0.15) is 6.61 Å². The average Bonchev–Trinajstić information content (AvgIpc) is 1.61. The maximum absolute atomic E-state index is 4.67. The van der Waals surface area contributed by atoms with Gasteiger partial charge < -0.3 is 4.74 Å². The third-order valence-electron chi connectivity index (χ3n) is 0.325. The third kappa shape index (κ3) is 9.78. The van der Waals surface area contributed by atoms with Gasteiger partial charge in [-0.3, -0.25) is 0 Å². The SMILES string of the molecule is C=CCOC(=S)S.[Zn]. The summed E-state index contributed by atoms with van der Waals surface area (Å²) in [4.78, 5) is 0. The van der Waals surface area contributed by atoms with Gasteiger partial charge in [0.2, 0.25) is 4.38 Å². The van der Waals surface area contributed by atoms with Crippen molar-refractivity contribution in [3.05, 3.63) is 12.7 Å². The minimum atomic E-state index is 0. The molecular weight excluding hydrogens is 194 g/mol. The van der Waals surface area contributed by atoms with Gasteiger partial charge in [0.15, 0.2) is 0 Å². The largest absolute Gasteiger partial charge is 0.475 e. The Morgan fingerprint density at radius 1 is 1.88 bits per heavy atom. The Hall–Kier alpha value is 0.603. The smallest absolute Gasteiger partial charge is 0.217 e. The number of rotatable bonds is 2. The maximum atomic E-state index is 4.67. The van der Waals surface area contributed by atoms with Crippen LogP contribution in [0.2, 0.25) is 0 Å². The monoisotopic (exact) mass is 198 g/mol. The summed E-state index contributed by atoms with van der Waals surface area (Å²) in [5.74, 6) is 0. The first-order valence-electron chi connectivity index (χ1n) is 1.74. The van der Waals surface area contributed by atoms with Crippen LogP contribution in [0.25, 0.3) is 0 Å². The van der Waals surface area contributed by atoms with Crippen molar-refractivity contribution < 1.29 is 24.2 Å². The number of ether oxygens (including phenoxy) is 1. The zero-order valence-electron chi connectivity index (χ0n) is 4.46. The number of thiol groups is 1. The zero-order valence-corrected chi connectivity index (χ0v) is 9.14. The first kappa shape index (κ1) is 11.4. The fourth-order valence-electron chi connectivity index (χ4n) is 0.130. The van der Waals surface area contributed by atoms with Gasteiger partial charge in [-0.2, -0.15) is 0 Å². The van der Waals surface area contributed by atoms with Crippen LogP contribution in [-0.4, -0.2) is 11.0 Å². The molecule has 42 valence electrons. The minimum absolute atomic E-state index is 0. The van der Waals surface area contributed by atoms with Gasteiger partial charge in [0, 0.05) is 19.5 Å². The van der Waals surface area contributed by atoms with Crippen LogP contribution in [-0.2, 0) is 24.2 Å². The molecule has 1 nitrogen and oxygen atoms in total. The van der Waals surface area contributed by atoms with Crippen molar-refractivity contribution in [1.82, 2.24) is 0 Å². The molecule has 0 aliphatic heterocycles. The van der Waals surface area contributed by atoms with Crippen molar-refractivity contribution in [2.75, 3.05) is 6.61 Å². The molecule has 0 bridgehead atoms. The second-order valence-corrected chi connectivity index (χ2v) is 1.95. The summed E-state index contributed by atoms with van der Waals surface area (Å²) in [5, 5.41) is 0. The molecule has 0 amide bonds. The van der Waals surface area contributed by atoms with Crippen molar-refractivity contribution >= 4 is 29.2 Å². The maximum Gasteiger partial charge on any atom is 0.217 e. The summed E-state index contributed by atoms with van der Waals surface area (Å²) in [7, 11) is 0. The fraction of sp³-hybridized carbons (Fsp3) is 0.250. The van der Waals surface area contributed by atoms with Crippen LogP contribution in [0.5, 0.6) is 0 Å². The van der Waals surface area contributed by atoms with Gasteiger partial charge >= 0.3 is 0 Å². The molecule has 0 aromatic carbocycles. The molecule has 0 saturated carbocycles. The Kier molecular flexibility index (Phi) is 10.8. The molecule has 0 aliphatic rings. The Morgan fingerprint density at radius 3 is 2.50 bits per heavy atom. The van der Waals surface area contributed by atoms with Gasteiger partial charge in [-0.05, 0) is 12.2 Å². The van der Waals surface area contributed by atoms with E-state index in [-0.39, 0.29) is 23.9 Å². The molecule has 0 aliphatic carbocycles. The number of hydrogen-bond donors (Lipinski definition) is 1. The Labute approximate surface area is 72.7 Å². The zero-order chi connectivity index (χ0) is 5.70. The number of thiocarbonyl (C=S) groups is 1. The van der Waals surface area contributed by atoms with Crippen molar-refractivity contribution in [3.63, 3.8) is 0 Å². The molecule has 0 aromatic rings. The van der Waals surface area contributed by atoms with Gasteiger partial charge in [-0.25, -0.2) is 0 Å². The predicted octanol–water partition coefficient (Wildman–Crippen LogP) is 1.40. The second-order valence-electron chi connectivity index (χ2n) is 0.866. The molecule has 0 fully saturated rings. The summed E-state index contributed by atoms with van der Waals surface area (Å²) < 4.78 is 4.93. The van der Waals surface area contributed by atoms with E-state index in [1.54, 1.807) is 6.08 Å². The van der Waals surface area contributed by atoms with E-state index in [0.717, 1.165) is 0 Å². The van der Waals surface area contributed by atoms with Crippen LogP contribution in [0, 0.1) is 0 Å². The molecule has 0 atom stereocenters. The molecule has 0 N–H and O–H groups in total. The van der Waals surface area contributed by atoms with Crippen molar-refractivity contribution in [2.24, 2.45) is 0 Å². The van der Waals surface area contributed by atoms with Crippen LogP contribution in [0.4, 0.5) is 0 Å². The molecule has 8 heavy (non-hydrogen) atoms. The van der Waals surface area contributed by atoms with Crippen molar-refractivity contribution in [3.8, 4) is 0 Å². The molecular formula is C4H6OS2Zn. The van der Waals surface area contributed by atoms with Gasteiger partial charge in [-0.1, -0.05) is 25.3 Å². The van der Waals surface area contributed by atoms with Gasteiger partial charge in [0.05, 0.1) is 0 Å². The molecule has 0 heterocycles. The normalized spacial score (nSPS) is 6.62. The van der Waals surface area contributed by atoms with Crippen LogP contribution >= 0.6 is 24.8 Å². The Morgan fingerprint density at radius 2 is 2.38 bits per heavy atom. The van der Waals surface area contributed by atoms with E-state index in [0.29, 0.717) is 6.61 Å². The topological polar surface area (TPSA) is 9.23 Å². The van der Waals surface area contributed by atoms with E-state index in [2.05, 4.69) is 36.2 Å². The molecule has 0 aromatic heterocycles. The predicted molar refractivity (Wildman–Crippen MR) is 37.7 cm³/mol. The fourth-order valence-corrected chi connectivity index (χ4v) is 0.273. The summed E-state index contributed by atoms with van der Waals surface area (Å²) >= 11 is 8.15. The molecule has 0 unspecified atom stereocenters. The molecule has 0 saturated heterocycles. The van der Waals surface area contributed by atoms with Crippen LogP contribution in [0.3, 0.4) is 0 Å².